The molecule has 0 aliphatic carbocycles. The molecule has 0 saturated heterocycles. The van der Waals surface area contributed by atoms with Crippen LogP contribution in [-0.2, 0) is 14.3 Å². The Morgan fingerprint density at radius 3 is 1.71 bits per heavy atom. The van der Waals surface area contributed by atoms with E-state index in [0.29, 0.717) is 6.42 Å². The molecule has 0 rings (SSSR count). The molecule has 0 bridgehead atoms. The number of carbonyl (C=O) groups excluding carboxylic acids is 2. The van der Waals surface area contributed by atoms with Crippen molar-refractivity contribution in [3.63, 3.8) is 0 Å². The predicted octanol–water partition coefficient (Wildman–Crippen LogP) is 4.10. The lowest BCUT2D eigenvalue weighted by Gasteiger charge is -2.05. The van der Waals surface area contributed by atoms with Gasteiger partial charge < -0.3 is 10.5 Å². The van der Waals surface area contributed by atoms with Gasteiger partial charge in [-0.25, -0.2) is 4.79 Å². The Kier molecular flexibility index (Phi) is 13.5. The largest absolute Gasteiger partial charge is 0.392 e. The van der Waals surface area contributed by atoms with Crippen molar-refractivity contribution in [3.8, 4) is 0 Å². The van der Waals surface area contributed by atoms with Gasteiger partial charge in [-0.3, -0.25) is 4.79 Å². The molecule has 0 unspecified atom stereocenters. The van der Waals surface area contributed by atoms with E-state index in [1.807, 2.05) is 0 Å². The van der Waals surface area contributed by atoms with Crippen LogP contribution in [-0.4, -0.2) is 18.0 Å². The Hall–Kier alpha value is -0.900. The van der Waals surface area contributed by atoms with Crippen LogP contribution >= 0.6 is 0 Å². The number of hydrogen-bond donors (Lipinski definition) is 1. The first-order chi connectivity index (χ1) is 10.1. The fraction of sp³-hybridized carbons (Fsp3) is 0.882. The van der Waals surface area contributed by atoms with Gasteiger partial charge in [-0.2, -0.15) is 0 Å². The second-order valence-electron chi connectivity index (χ2n) is 5.87. The maximum atomic E-state index is 11.3. The summed E-state index contributed by atoms with van der Waals surface area (Å²) in [6.07, 6.45) is 13.9. The Morgan fingerprint density at radius 1 is 0.857 bits per heavy atom. The van der Waals surface area contributed by atoms with Crippen LogP contribution < -0.4 is 5.73 Å². The van der Waals surface area contributed by atoms with Gasteiger partial charge in [0.2, 0.25) is 0 Å². The minimum Gasteiger partial charge on any atom is -0.392 e. The van der Waals surface area contributed by atoms with Crippen molar-refractivity contribution in [2.24, 2.45) is 5.73 Å². The third kappa shape index (κ3) is 13.8. The zero-order valence-electron chi connectivity index (χ0n) is 13.9. The van der Waals surface area contributed by atoms with Crippen LogP contribution in [0.3, 0.4) is 0 Å². The van der Waals surface area contributed by atoms with Crippen LogP contribution in [0.25, 0.3) is 0 Å². The third-order valence-corrected chi connectivity index (χ3v) is 3.57. The molecule has 21 heavy (non-hydrogen) atoms. The number of unbranched alkanes of at least 4 members (excludes halogenated alkanes) is 10. The van der Waals surface area contributed by atoms with E-state index < -0.39 is 18.0 Å². The number of nitrogens with two attached hydrogens (primary N) is 1. The molecule has 4 nitrogen and oxygen atoms in total. The summed E-state index contributed by atoms with van der Waals surface area (Å²) in [5, 5.41) is 0. The molecule has 0 fully saturated rings. The first-order valence-electron chi connectivity index (χ1n) is 8.58. The lowest BCUT2D eigenvalue weighted by Crippen LogP contribution is -2.30. The van der Waals surface area contributed by atoms with E-state index in [9.17, 15) is 9.59 Å². The maximum Gasteiger partial charge on any atom is 0.330 e. The Balaban J connectivity index is 3.25. The van der Waals surface area contributed by atoms with Crippen molar-refractivity contribution in [3.05, 3.63) is 0 Å². The zero-order chi connectivity index (χ0) is 15.9. The lowest BCUT2D eigenvalue weighted by molar-refractivity contribution is -0.160. The van der Waals surface area contributed by atoms with Gasteiger partial charge in [-0.1, -0.05) is 71.1 Å². The summed E-state index contributed by atoms with van der Waals surface area (Å²) in [5.74, 6) is -1.09. The number of carbonyl (C=O) groups is 2. The summed E-state index contributed by atoms with van der Waals surface area (Å²) in [6.45, 7) is 3.75. The molecule has 0 amide bonds. The van der Waals surface area contributed by atoms with Gasteiger partial charge in [-0.05, 0) is 13.3 Å². The van der Waals surface area contributed by atoms with Gasteiger partial charge in [0.1, 0.15) is 6.04 Å². The van der Waals surface area contributed by atoms with E-state index in [2.05, 4.69) is 11.7 Å². The second-order valence-corrected chi connectivity index (χ2v) is 5.87. The molecule has 0 heterocycles. The van der Waals surface area contributed by atoms with E-state index in [4.69, 9.17) is 5.73 Å². The Morgan fingerprint density at radius 2 is 1.29 bits per heavy atom. The molecule has 0 aromatic carbocycles. The summed E-state index contributed by atoms with van der Waals surface area (Å²) in [6, 6.07) is -0.730. The molecule has 0 radical (unpaired) electrons. The number of hydrogen-bond acceptors (Lipinski definition) is 4. The van der Waals surface area contributed by atoms with Crippen molar-refractivity contribution in [1.82, 2.24) is 0 Å². The average Bonchev–Trinajstić information content (AvgIpc) is 2.44. The highest BCUT2D eigenvalue weighted by Gasteiger charge is 2.13. The Bertz CT molecular complexity index is 277. The highest BCUT2D eigenvalue weighted by Crippen LogP contribution is 2.12. The van der Waals surface area contributed by atoms with Gasteiger partial charge in [0, 0.05) is 6.42 Å². The van der Waals surface area contributed by atoms with Gasteiger partial charge >= 0.3 is 11.9 Å². The summed E-state index contributed by atoms with van der Waals surface area (Å²) in [7, 11) is 0. The number of rotatable bonds is 13. The maximum absolute atomic E-state index is 11.3. The summed E-state index contributed by atoms with van der Waals surface area (Å²) in [5.41, 5.74) is 5.32. The zero-order valence-corrected chi connectivity index (χ0v) is 13.9. The molecule has 1 atom stereocenters. The second kappa shape index (κ2) is 14.1. The molecule has 2 N–H and O–H groups in total. The number of esters is 2. The summed E-state index contributed by atoms with van der Waals surface area (Å²) in [4.78, 5) is 22.4. The fourth-order valence-electron chi connectivity index (χ4n) is 2.19. The quantitative estimate of drug-likeness (QED) is 0.316. The monoisotopic (exact) mass is 299 g/mol. The van der Waals surface area contributed by atoms with Crippen molar-refractivity contribution in [2.45, 2.75) is 96.9 Å². The molecule has 0 aromatic rings. The minimum absolute atomic E-state index is 0.315. The minimum atomic E-state index is -0.730. The standard InChI is InChI=1S/C17H33NO3/c1-3-4-5-6-7-8-9-10-11-12-13-14-16(19)21-17(20)15(2)18/h15H,3-14,18H2,1-2H3/t15-/m1/s1. The average molecular weight is 299 g/mol. The van der Waals surface area contributed by atoms with Crippen molar-refractivity contribution >= 4 is 11.9 Å². The molecular formula is C17H33NO3. The molecule has 0 spiro atoms. The van der Waals surface area contributed by atoms with Gasteiger partial charge in [-0.15, -0.1) is 0 Å². The molecular weight excluding hydrogens is 266 g/mol. The molecule has 0 saturated carbocycles. The molecule has 4 heteroatoms. The molecule has 0 aliphatic heterocycles. The summed E-state index contributed by atoms with van der Waals surface area (Å²) < 4.78 is 4.60. The van der Waals surface area contributed by atoms with Gasteiger partial charge in [0.15, 0.2) is 0 Å². The smallest absolute Gasteiger partial charge is 0.330 e. The molecule has 0 aromatic heterocycles. The summed E-state index contributed by atoms with van der Waals surface area (Å²) >= 11 is 0. The molecule has 0 aliphatic rings. The number of ether oxygens (including phenoxy) is 1. The van der Waals surface area contributed by atoms with Crippen LogP contribution in [0.1, 0.15) is 90.9 Å². The van der Waals surface area contributed by atoms with Crippen LogP contribution in [0.4, 0.5) is 0 Å². The fourth-order valence-corrected chi connectivity index (χ4v) is 2.19. The molecule has 124 valence electrons. The van der Waals surface area contributed by atoms with E-state index in [-0.39, 0.29) is 0 Å². The lowest BCUT2D eigenvalue weighted by atomic mass is 10.1. The van der Waals surface area contributed by atoms with Crippen molar-refractivity contribution < 1.29 is 14.3 Å². The van der Waals surface area contributed by atoms with E-state index >= 15 is 0 Å². The van der Waals surface area contributed by atoms with Crippen molar-refractivity contribution in [1.29, 1.82) is 0 Å². The van der Waals surface area contributed by atoms with Crippen LogP contribution in [0.5, 0.6) is 0 Å². The predicted molar refractivity (Wildman–Crippen MR) is 85.8 cm³/mol. The normalized spacial score (nSPS) is 12.1. The topological polar surface area (TPSA) is 69.4 Å². The van der Waals surface area contributed by atoms with Gasteiger partial charge in [0.25, 0.3) is 0 Å². The highest BCUT2D eigenvalue weighted by molar-refractivity contribution is 5.87. The van der Waals surface area contributed by atoms with E-state index in [1.165, 1.54) is 58.3 Å². The first-order valence-corrected chi connectivity index (χ1v) is 8.58. The van der Waals surface area contributed by atoms with Crippen LogP contribution in [0.15, 0.2) is 0 Å². The van der Waals surface area contributed by atoms with E-state index in [0.717, 1.165) is 19.3 Å². The SMILES string of the molecule is CCCCCCCCCCCCCC(=O)OC(=O)[C@@H](C)N. The first kappa shape index (κ1) is 20.1. The van der Waals surface area contributed by atoms with Crippen molar-refractivity contribution in [2.75, 3.05) is 0 Å². The van der Waals surface area contributed by atoms with E-state index in [1.54, 1.807) is 0 Å². The van der Waals surface area contributed by atoms with Gasteiger partial charge in [0.05, 0.1) is 0 Å². The Labute approximate surface area is 129 Å². The van der Waals surface area contributed by atoms with Crippen LogP contribution in [0.2, 0.25) is 0 Å². The third-order valence-electron chi connectivity index (χ3n) is 3.57. The highest BCUT2D eigenvalue weighted by atomic mass is 16.6. The van der Waals surface area contributed by atoms with Crippen LogP contribution in [0, 0.1) is 0 Å².